The molecule has 0 spiro atoms. The van der Waals surface area contributed by atoms with Crippen LogP contribution in [0.4, 0.5) is 13.2 Å². The van der Waals surface area contributed by atoms with Crippen LogP contribution in [-0.2, 0) is 4.79 Å². The van der Waals surface area contributed by atoms with E-state index in [2.05, 4.69) is 10.3 Å². The molecule has 2 saturated carbocycles. The van der Waals surface area contributed by atoms with Crippen molar-refractivity contribution in [1.82, 2.24) is 5.32 Å². The molecule has 0 saturated heterocycles. The predicted molar refractivity (Wildman–Crippen MR) is 62.2 cm³/mol. The number of halogens is 3. The van der Waals surface area contributed by atoms with Crippen LogP contribution in [0.15, 0.2) is 4.99 Å². The summed E-state index contributed by atoms with van der Waals surface area (Å²) >= 11 is 0.504. The van der Waals surface area contributed by atoms with Gasteiger partial charge in [0.25, 0.3) is 5.91 Å². The number of rotatable bonds is 1. The summed E-state index contributed by atoms with van der Waals surface area (Å²) in [4.78, 5) is 14.7. The highest BCUT2D eigenvalue weighted by atomic mass is 32.2. The molecule has 2 bridgehead atoms. The molecule has 100 valence electrons. The first-order valence-electron chi connectivity index (χ1n) is 6.06. The Hall–Kier alpha value is -0.720. The molecule has 2 aliphatic carbocycles. The van der Waals surface area contributed by atoms with E-state index in [-0.39, 0.29) is 11.2 Å². The van der Waals surface area contributed by atoms with Crippen LogP contribution in [0.2, 0.25) is 0 Å². The molecule has 4 atom stereocenters. The van der Waals surface area contributed by atoms with Crippen molar-refractivity contribution in [3.05, 3.63) is 0 Å². The molecule has 1 N–H and O–H groups in total. The van der Waals surface area contributed by atoms with Gasteiger partial charge in [0.15, 0.2) is 10.4 Å². The SMILES string of the molecule is O=C1N=C(N[C@H]2C[C@@H]3CCC2C3)SC1C(F)(F)F. The van der Waals surface area contributed by atoms with Gasteiger partial charge >= 0.3 is 6.18 Å². The number of thioether (sulfide) groups is 1. The normalized spacial score (nSPS) is 39.3. The van der Waals surface area contributed by atoms with E-state index in [0.29, 0.717) is 23.6 Å². The van der Waals surface area contributed by atoms with Crippen molar-refractivity contribution in [3.8, 4) is 0 Å². The summed E-state index contributed by atoms with van der Waals surface area (Å²) in [7, 11) is 0. The topological polar surface area (TPSA) is 41.5 Å². The Kier molecular flexibility index (Phi) is 2.84. The molecule has 18 heavy (non-hydrogen) atoms. The number of amides is 1. The van der Waals surface area contributed by atoms with Gasteiger partial charge in [-0.2, -0.15) is 18.2 Å². The average Bonchev–Trinajstić information content (AvgIpc) is 2.92. The number of hydrogen-bond acceptors (Lipinski definition) is 3. The third-order valence-electron chi connectivity index (χ3n) is 4.01. The Morgan fingerprint density at radius 2 is 2.06 bits per heavy atom. The van der Waals surface area contributed by atoms with Crippen LogP contribution >= 0.6 is 11.8 Å². The maximum atomic E-state index is 12.5. The van der Waals surface area contributed by atoms with Gasteiger partial charge in [0.05, 0.1) is 0 Å². The van der Waals surface area contributed by atoms with E-state index in [9.17, 15) is 18.0 Å². The van der Waals surface area contributed by atoms with Gasteiger partial charge in [-0.05, 0) is 31.1 Å². The van der Waals surface area contributed by atoms with E-state index in [1.165, 1.54) is 6.42 Å². The van der Waals surface area contributed by atoms with Crippen molar-refractivity contribution >= 4 is 22.8 Å². The van der Waals surface area contributed by atoms with Crippen molar-refractivity contribution in [2.75, 3.05) is 0 Å². The molecule has 0 aromatic heterocycles. The highest BCUT2D eigenvalue weighted by molar-refractivity contribution is 8.15. The molecule has 0 radical (unpaired) electrons. The molecule has 2 unspecified atom stereocenters. The summed E-state index contributed by atoms with van der Waals surface area (Å²) in [6.07, 6.45) is 0.00817. The monoisotopic (exact) mass is 278 g/mol. The minimum Gasteiger partial charge on any atom is -0.361 e. The first kappa shape index (κ1) is 12.3. The highest BCUT2D eigenvalue weighted by Crippen LogP contribution is 2.45. The quantitative estimate of drug-likeness (QED) is 0.800. The number of carbonyl (C=O) groups excluding carboxylic acids is 1. The van der Waals surface area contributed by atoms with E-state index in [1.807, 2.05) is 0 Å². The number of nitrogens with one attached hydrogen (secondary N) is 1. The zero-order valence-corrected chi connectivity index (χ0v) is 10.4. The standard InChI is InChI=1S/C11H13F3N2OS/c12-11(13,14)8-9(17)16-10(18-8)15-7-4-5-1-2-6(7)3-5/h5-8H,1-4H2,(H,15,16,17)/t5-,6?,7+,8?/m1/s1. The molecule has 3 rings (SSSR count). The van der Waals surface area contributed by atoms with E-state index in [4.69, 9.17) is 0 Å². The zero-order valence-electron chi connectivity index (χ0n) is 9.54. The van der Waals surface area contributed by atoms with E-state index < -0.39 is 17.3 Å². The van der Waals surface area contributed by atoms with Crippen LogP contribution in [-0.4, -0.2) is 28.5 Å². The van der Waals surface area contributed by atoms with Gasteiger partial charge in [0.2, 0.25) is 0 Å². The van der Waals surface area contributed by atoms with Crippen molar-refractivity contribution in [2.24, 2.45) is 16.8 Å². The Labute approximate surface area is 107 Å². The fraction of sp³-hybridized carbons (Fsp3) is 0.818. The molecule has 2 fully saturated rings. The second-order valence-electron chi connectivity index (χ2n) is 5.22. The predicted octanol–water partition coefficient (Wildman–Crippen LogP) is 2.32. The lowest BCUT2D eigenvalue weighted by Crippen LogP contribution is -2.37. The van der Waals surface area contributed by atoms with Crippen molar-refractivity contribution in [3.63, 3.8) is 0 Å². The Bertz CT molecular complexity index is 410. The molecule has 1 aliphatic heterocycles. The third-order valence-corrected chi connectivity index (χ3v) is 5.15. The Morgan fingerprint density at radius 1 is 1.28 bits per heavy atom. The summed E-state index contributed by atoms with van der Waals surface area (Å²) in [5.41, 5.74) is 0. The fourth-order valence-corrected chi connectivity index (χ4v) is 4.07. The smallest absolute Gasteiger partial charge is 0.361 e. The fourth-order valence-electron chi connectivity index (χ4n) is 3.20. The maximum Gasteiger partial charge on any atom is 0.409 e. The van der Waals surface area contributed by atoms with Crippen molar-refractivity contribution < 1.29 is 18.0 Å². The summed E-state index contributed by atoms with van der Waals surface area (Å²) in [5, 5.41) is 1.17. The molecule has 7 heteroatoms. The van der Waals surface area contributed by atoms with E-state index in [1.54, 1.807) is 0 Å². The van der Waals surface area contributed by atoms with Gasteiger partial charge in [0.1, 0.15) is 0 Å². The zero-order chi connectivity index (χ0) is 12.9. The molecule has 0 aromatic carbocycles. The van der Waals surface area contributed by atoms with E-state index >= 15 is 0 Å². The average molecular weight is 278 g/mol. The second kappa shape index (κ2) is 4.15. The highest BCUT2D eigenvalue weighted by Gasteiger charge is 2.50. The summed E-state index contributed by atoms with van der Waals surface area (Å²) in [6, 6.07) is 0.204. The van der Waals surface area contributed by atoms with Crippen LogP contribution in [0.5, 0.6) is 0 Å². The molecule has 0 aromatic rings. The van der Waals surface area contributed by atoms with E-state index in [0.717, 1.165) is 19.3 Å². The molecule has 1 amide bonds. The van der Waals surface area contributed by atoms with Crippen LogP contribution < -0.4 is 5.32 Å². The first-order valence-corrected chi connectivity index (χ1v) is 6.94. The second-order valence-corrected chi connectivity index (χ2v) is 6.31. The van der Waals surface area contributed by atoms with Crippen molar-refractivity contribution in [1.29, 1.82) is 0 Å². The molecule has 1 heterocycles. The van der Waals surface area contributed by atoms with Gasteiger partial charge in [-0.25, -0.2) is 0 Å². The minimum absolute atomic E-state index is 0.153. The molecular weight excluding hydrogens is 265 g/mol. The number of hydrogen-bond donors (Lipinski definition) is 1. The van der Waals surface area contributed by atoms with Crippen molar-refractivity contribution in [2.45, 2.75) is 43.2 Å². The number of fused-ring (bicyclic) bond motifs is 2. The third kappa shape index (κ3) is 2.13. The summed E-state index contributed by atoms with van der Waals surface area (Å²) in [6.45, 7) is 0. The lowest BCUT2D eigenvalue weighted by atomic mass is 9.96. The first-order chi connectivity index (χ1) is 8.43. The summed E-state index contributed by atoms with van der Waals surface area (Å²) in [5.74, 6) is 0.158. The number of aliphatic imine (C=N–C) groups is 1. The van der Waals surface area contributed by atoms with Gasteiger partial charge in [0, 0.05) is 6.04 Å². The number of alkyl halides is 3. The van der Waals surface area contributed by atoms with Gasteiger partial charge in [-0.3, -0.25) is 4.79 Å². The Balaban J connectivity index is 1.62. The number of nitrogens with zero attached hydrogens (tertiary/aromatic N) is 1. The van der Waals surface area contributed by atoms with Gasteiger partial charge in [-0.15, -0.1) is 0 Å². The maximum absolute atomic E-state index is 12.5. The summed E-state index contributed by atoms with van der Waals surface area (Å²) < 4.78 is 37.5. The minimum atomic E-state index is -4.51. The van der Waals surface area contributed by atoms with Crippen LogP contribution in [0.3, 0.4) is 0 Å². The molecule has 3 nitrogen and oxygen atoms in total. The van der Waals surface area contributed by atoms with Crippen LogP contribution in [0, 0.1) is 11.8 Å². The molecule has 3 aliphatic rings. The number of carbonyl (C=O) groups is 1. The molecular formula is C11H13F3N2OS. The Morgan fingerprint density at radius 3 is 2.56 bits per heavy atom. The largest absolute Gasteiger partial charge is 0.409 e. The van der Waals surface area contributed by atoms with Gasteiger partial charge in [-0.1, -0.05) is 18.2 Å². The van der Waals surface area contributed by atoms with Crippen LogP contribution in [0.25, 0.3) is 0 Å². The van der Waals surface area contributed by atoms with Gasteiger partial charge < -0.3 is 5.32 Å². The lowest BCUT2D eigenvalue weighted by Gasteiger charge is -2.23. The number of amidine groups is 1. The van der Waals surface area contributed by atoms with Crippen LogP contribution in [0.1, 0.15) is 25.7 Å². The lowest BCUT2D eigenvalue weighted by molar-refractivity contribution is -0.146.